The lowest BCUT2D eigenvalue weighted by Crippen LogP contribution is -2.56. The Morgan fingerprint density at radius 1 is 0.975 bits per heavy atom. The molecule has 0 bridgehead atoms. The first-order chi connectivity index (χ1) is 19.2. The number of carbonyl (C=O) groups excluding carboxylic acids is 1. The molecule has 40 heavy (non-hydrogen) atoms. The molecule has 2 aliphatic heterocycles. The van der Waals surface area contributed by atoms with Crippen molar-refractivity contribution in [2.75, 3.05) is 19.6 Å². The number of aromatic hydroxyl groups is 1. The monoisotopic (exact) mass is 547 g/mol. The summed E-state index contributed by atoms with van der Waals surface area (Å²) in [5.74, 6) is 0.300. The smallest absolute Gasteiger partial charge is 0.326 e. The van der Waals surface area contributed by atoms with E-state index in [1.165, 1.54) is 4.90 Å². The zero-order chi connectivity index (χ0) is 28.4. The minimum Gasteiger partial charge on any atom is -0.508 e. The topological polar surface area (TPSA) is 118 Å². The summed E-state index contributed by atoms with van der Waals surface area (Å²) >= 11 is 0. The summed E-state index contributed by atoms with van der Waals surface area (Å²) in [4.78, 5) is 31.4. The Morgan fingerprint density at radius 3 is 2.40 bits per heavy atom. The van der Waals surface area contributed by atoms with E-state index in [4.69, 9.17) is 4.42 Å². The Hall–Kier alpha value is -3.66. The number of carboxylic acid groups (broad SMARTS) is 1. The first-order valence-corrected chi connectivity index (χ1v) is 13.9. The van der Waals surface area contributed by atoms with Crippen molar-refractivity contribution in [1.82, 2.24) is 14.7 Å². The number of piperazine rings is 1. The Morgan fingerprint density at radius 2 is 1.70 bits per heavy atom. The van der Waals surface area contributed by atoms with E-state index in [0.29, 0.717) is 37.3 Å². The quantitative estimate of drug-likeness (QED) is 0.389. The molecule has 0 spiro atoms. The predicted octanol–water partition coefficient (Wildman–Crippen LogP) is 3.85. The molecule has 1 aromatic heterocycles. The van der Waals surface area contributed by atoms with E-state index in [-0.39, 0.29) is 36.4 Å². The van der Waals surface area contributed by atoms with Crippen molar-refractivity contribution in [3.8, 4) is 5.75 Å². The number of phenolic OH excluding ortho intramolecular Hbond substituents is 1. The summed E-state index contributed by atoms with van der Waals surface area (Å²) in [5.41, 5.74) is 2.29. The van der Waals surface area contributed by atoms with Crippen LogP contribution in [0.4, 0.5) is 0 Å². The number of hydrogen-bond acceptors (Lipinski definition) is 7. The molecule has 3 N–H and O–H groups in total. The minimum absolute atomic E-state index is 0.123. The van der Waals surface area contributed by atoms with Crippen LogP contribution in [0.2, 0.25) is 0 Å². The van der Waals surface area contributed by atoms with Gasteiger partial charge in [-0.1, -0.05) is 24.3 Å². The number of aliphatic hydroxyl groups excluding tert-OH is 1. The maximum atomic E-state index is 13.4. The number of amides is 1. The fourth-order valence-corrected chi connectivity index (χ4v) is 6.14. The molecule has 1 unspecified atom stereocenters. The Kier molecular flexibility index (Phi) is 8.25. The highest BCUT2D eigenvalue weighted by Crippen LogP contribution is 2.35. The molecule has 3 aromatic rings. The molecule has 2 saturated heterocycles. The maximum absolute atomic E-state index is 13.4. The lowest BCUT2D eigenvalue weighted by atomic mass is 9.92. The second kappa shape index (κ2) is 11.8. The summed E-state index contributed by atoms with van der Waals surface area (Å²) in [6, 6.07) is 17.7. The molecule has 0 radical (unpaired) electrons. The molecule has 4 atom stereocenters. The van der Waals surface area contributed by atoms with E-state index in [9.17, 15) is 24.9 Å². The van der Waals surface area contributed by atoms with Crippen molar-refractivity contribution in [1.29, 1.82) is 0 Å². The average Bonchev–Trinajstić information content (AvgIpc) is 3.61. The predicted molar refractivity (Wildman–Crippen MR) is 149 cm³/mol. The Balaban J connectivity index is 1.44. The lowest BCUT2D eigenvalue weighted by molar-refractivity contribution is -0.141. The number of carboxylic acids is 1. The largest absolute Gasteiger partial charge is 0.508 e. The molecule has 2 fully saturated rings. The van der Waals surface area contributed by atoms with Crippen LogP contribution in [0.15, 0.2) is 65.1 Å². The van der Waals surface area contributed by atoms with Gasteiger partial charge < -0.3 is 24.6 Å². The zero-order valence-electron chi connectivity index (χ0n) is 22.9. The van der Waals surface area contributed by atoms with Crippen molar-refractivity contribution in [3.05, 3.63) is 88.9 Å². The second-order valence-corrected chi connectivity index (χ2v) is 11.0. The number of rotatable bonds is 8. The number of benzene rings is 2. The van der Waals surface area contributed by atoms with Gasteiger partial charge in [0.2, 0.25) is 0 Å². The van der Waals surface area contributed by atoms with Crippen molar-refractivity contribution in [2.45, 2.75) is 64.0 Å². The normalized spacial score (nSPS) is 22.9. The zero-order valence-corrected chi connectivity index (χ0v) is 22.9. The summed E-state index contributed by atoms with van der Waals surface area (Å²) in [7, 11) is 0. The van der Waals surface area contributed by atoms with Gasteiger partial charge in [-0.2, -0.15) is 0 Å². The van der Waals surface area contributed by atoms with Crippen LogP contribution in [0.1, 0.15) is 65.7 Å². The number of carbonyl (C=O) groups is 2. The number of aliphatic hydroxyl groups is 1. The molecule has 9 nitrogen and oxygen atoms in total. The van der Waals surface area contributed by atoms with Crippen LogP contribution < -0.4 is 0 Å². The van der Waals surface area contributed by atoms with Crippen LogP contribution in [0.3, 0.4) is 0 Å². The van der Waals surface area contributed by atoms with Gasteiger partial charge in [0.05, 0.1) is 12.6 Å². The van der Waals surface area contributed by atoms with Crippen LogP contribution in [0, 0.1) is 0 Å². The number of aliphatic carboxylic acids is 1. The SMILES string of the molecule is C[C@@H]1CN([C@@H](c2cccc(O)c2)c2cccc(C(=O)N3CCCC3C(=O)O)c2)[C@@H](C)CN1Cc1ccc(CO)o1. The van der Waals surface area contributed by atoms with Gasteiger partial charge >= 0.3 is 5.97 Å². The van der Waals surface area contributed by atoms with Crippen molar-refractivity contribution < 1.29 is 29.3 Å². The van der Waals surface area contributed by atoms with Crippen molar-refractivity contribution in [2.24, 2.45) is 0 Å². The molecule has 0 aliphatic carbocycles. The maximum Gasteiger partial charge on any atom is 0.326 e. The highest BCUT2D eigenvalue weighted by molar-refractivity contribution is 5.97. The Bertz CT molecular complexity index is 1360. The fraction of sp³-hybridized carbons (Fsp3) is 0.419. The molecule has 5 rings (SSSR count). The highest BCUT2D eigenvalue weighted by Gasteiger charge is 2.37. The second-order valence-electron chi connectivity index (χ2n) is 11.0. The first kappa shape index (κ1) is 27.9. The average molecular weight is 548 g/mol. The molecular formula is C31H37N3O6. The standard InChI is InChI=1S/C31H37N3O6/c1-20-17-34(21(2)16-32(20)18-26-11-12-27(19-35)40-26)29(23-7-4-9-25(36)15-23)22-6-3-8-24(14-22)30(37)33-13-5-10-28(33)31(38)39/h3-4,6-9,11-12,14-15,20-21,28-29,35-36H,5,10,13,16-19H2,1-2H3,(H,38,39)/t20-,21+,28?,29-/m1/s1. The number of furan rings is 1. The third-order valence-electron chi connectivity index (χ3n) is 8.16. The van der Waals surface area contributed by atoms with Crippen LogP contribution in [0.5, 0.6) is 5.75 Å². The van der Waals surface area contributed by atoms with E-state index >= 15 is 0 Å². The number of phenols is 1. The third-order valence-corrected chi connectivity index (χ3v) is 8.16. The van der Waals surface area contributed by atoms with Crippen LogP contribution >= 0.6 is 0 Å². The van der Waals surface area contributed by atoms with Gasteiger partial charge in [-0.15, -0.1) is 0 Å². The fourth-order valence-electron chi connectivity index (χ4n) is 6.14. The van der Waals surface area contributed by atoms with E-state index in [2.05, 4.69) is 23.6 Å². The summed E-state index contributed by atoms with van der Waals surface area (Å²) in [6.07, 6.45) is 1.14. The van der Waals surface area contributed by atoms with Crippen LogP contribution in [-0.2, 0) is 17.9 Å². The molecular weight excluding hydrogens is 510 g/mol. The minimum atomic E-state index is -0.970. The number of likely N-dealkylation sites (tertiary alicyclic amines) is 1. The molecule has 1 amide bonds. The van der Waals surface area contributed by atoms with Gasteiger partial charge in [0.15, 0.2) is 0 Å². The first-order valence-electron chi connectivity index (χ1n) is 13.9. The number of hydrogen-bond donors (Lipinski definition) is 3. The van der Waals surface area contributed by atoms with E-state index in [1.807, 2.05) is 36.4 Å². The molecule has 0 saturated carbocycles. The van der Waals surface area contributed by atoms with Gasteiger partial charge in [-0.3, -0.25) is 14.6 Å². The molecule has 3 heterocycles. The highest BCUT2D eigenvalue weighted by atomic mass is 16.4. The molecule has 9 heteroatoms. The molecule has 2 aromatic carbocycles. The van der Waals surface area contributed by atoms with Gasteiger partial charge in [0.1, 0.15) is 29.9 Å². The number of nitrogens with zero attached hydrogens (tertiary/aromatic N) is 3. The van der Waals surface area contributed by atoms with E-state index < -0.39 is 12.0 Å². The van der Waals surface area contributed by atoms with Crippen LogP contribution in [-0.4, -0.2) is 79.7 Å². The van der Waals surface area contributed by atoms with Crippen molar-refractivity contribution >= 4 is 11.9 Å². The van der Waals surface area contributed by atoms with Crippen molar-refractivity contribution in [3.63, 3.8) is 0 Å². The summed E-state index contributed by atoms with van der Waals surface area (Å²) in [6.45, 7) is 6.81. The van der Waals surface area contributed by atoms with Gasteiger partial charge in [0.25, 0.3) is 5.91 Å². The van der Waals surface area contributed by atoms with E-state index in [0.717, 1.165) is 30.0 Å². The summed E-state index contributed by atoms with van der Waals surface area (Å²) in [5, 5.41) is 29.3. The Labute approximate surface area is 234 Å². The molecule has 212 valence electrons. The summed E-state index contributed by atoms with van der Waals surface area (Å²) < 4.78 is 5.74. The molecule has 2 aliphatic rings. The third kappa shape index (κ3) is 5.77. The van der Waals surface area contributed by atoms with Crippen LogP contribution in [0.25, 0.3) is 0 Å². The van der Waals surface area contributed by atoms with Gasteiger partial charge in [-0.25, -0.2) is 4.79 Å². The van der Waals surface area contributed by atoms with Gasteiger partial charge in [-0.05, 0) is 74.2 Å². The lowest BCUT2D eigenvalue weighted by Gasteiger charge is -2.47. The van der Waals surface area contributed by atoms with E-state index in [1.54, 1.807) is 24.3 Å². The van der Waals surface area contributed by atoms with Gasteiger partial charge in [0, 0.05) is 37.3 Å².